The van der Waals surface area contributed by atoms with Crippen LogP contribution in [0.15, 0.2) is 22.2 Å². The zero-order chi connectivity index (χ0) is 15.4. The Morgan fingerprint density at radius 3 is 2.71 bits per heavy atom. The van der Waals surface area contributed by atoms with Crippen molar-refractivity contribution in [3.63, 3.8) is 0 Å². The Labute approximate surface area is 134 Å². The van der Waals surface area contributed by atoms with Crippen molar-refractivity contribution in [2.24, 2.45) is 0 Å². The predicted molar refractivity (Wildman–Crippen MR) is 84.8 cm³/mol. The lowest BCUT2D eigenvalue weighted by molar-refractivity contribution is 0.130. The van der Waals surface area contributed by atoms with Crippen LogP contribution in [0.1, 0.15) is 13.8 Å². The molecular weight excluding hydrogens is 358 g/mol. The number of rotatable bonds is 4. The van der Waals surface area contributed by atoms with Crippen molar-refractivity contribution in [3.05, 3.63) is 22.2 Å². The van der Waals surface area contributed by atoms with Crippen LogP contribution in [0.3, 0.4) is 0 Å². The number of methoxy groups -OCH3 is 1. The zero-order valence-corrected chi connectivity index (χ0v) is 14.1. The van der Waals surface area contributed by atoms with E-state index in [0.717, 1.165) is 8.79 Å². The molecule has 0 aliphatic rings. The topological polar surface area (TPSA) is 73.3 Å². The van der Waals surface area contributed by atoms with Gasteiger partial charge in [0.25, 0.3) is 0 Å². The number of hydrogen-bond acceptors (Lipinski definition) is 6. The van der Waals surface area contributed by atoms with E-state index in [0.29, 0.717) is 17.1 Å². The number of thiazole rings is 1. The van der Waals surface area contributed by atoms with Gasteiger partial charge >= 0.3 is 6.09 Å². The van der Waals surface area contributed by atoms with E-state index in [-0.39, 0.29) is 6.10 Å². The van der Waals surface area contributed by atoms with Gasteiger partial charge in [-0.05, 0) is 29.8 Å². The number of pyridine rings is 1. The van der Waals surface area contributed by atoms with E-state index in [4.69, 9.17) is 9.47 Å². The van der Waals surface area contributed by atoms with Gasteiger partial charge in [-0.2, -0.15) is 0 Å². The number of halogens is 1. The van der Waals surface area contributed by atoms with Gasteiger partial charge < -0.3 is 9.47 Å². The van der Waals surface area contributed by atoms with Crippen LogP contribution in [0.25, 0.3) is 10.7 Å². The molecule has 0 spiro atoms. The lowest BCUT2D eigenvalue weighted by atomic mass is 10.3. The molecule has 0 atom stereocenters. The smallest absolute Gasteiger partial charge is 0.411 e. The van der Waals surface area contributed by atoms with Crippen LogP contribution in [-0.4, -0.2) is 29.3 Å². The van der Waals surface area contributed by atoms with Crippen LogP contribution in [0.5, 0.6) is 5.75 Å². The van der Waals surface area contributed by atoms with E-state index in [1.54, 1.807) is 33.2 Å². The van der Waals surface area contributed by atoms with Gasteiger partial charge in [0.1, 0.15) is 16.5 Å². The minimum absolute atomic E-state index is 0.188. The number of ether oxygens (including phenoxy) is 2. The fourth-order valence-electron chi connectivity index (χ4n) is 1.55. The molecule has 0 radical (unpaired) electrons. The predicted octanol–water partition coefficient (Wildman–Crippen LogP) is 3.93. The van der Waals surface area contributed by atoms with Crippen molar-refractivity contribution in [2.45, 2.75) is 20.0 Å². The number of anilines is 1. The highest BCUT2D eigenvalue weighted by Crippen LogP contribution is 2.34. The minimum atomic E-state index is -0.529. The third-order valence-corrected chi connectivity index (χ3v) is 3.82. The van der Waals surface area contributed by atoms with Crippen LogP contribution in [0.4, 0.5) is 10.5 Å². The van der Waals surface area contributed by atoms with Gasteiger partial charge in [-0.1, -0.05) is 0 Å². The average molecular weight is 372 g/mol. The summed E-state index contributed by atoms with van der Waals surface area (Å²) in [6, 6.07) is 1.68. The Morgan fingerprint density at radius 2 is 2.14 bits per heavy atom. The summed E-state index contributed by atoms with van der Waals surface area (Å²) < 4.78 is 11.2. The Bertz CT molecular complexity index is 645. The number of nitrogens with zero attached hydrogens (tertiary/aromatic N) is 2. The standard InChI is InChI=1S/C13H14BrN3O3S/c1-7(2)20-13(18)17-8-4-9(19-3)11(15-5-8)12-16-6-10(14)21-12/h4-7H,1-3H3,(H,17,18). The van der Waals surface area contributed by atoms with Gasteiger partial charge in [0, 0.05) is 6.07 Å². The van der Waals surface area contributed by atoms with E-state index in [2.05, 4.69) is 31.2 Å². The molecular formula is C13H14BrN3O3S. The quantitative estimate of drug-likeness (QED) is 0.880. The summed E-state index contributed by atoms with van der Waals surface area (Å²) in [6.07, 6.45) is 2.52. The van der Waals surface area contributed by atoms with Crippen LogP contribution >= 0.6 is 27.3 Å². The lowest BCUT2D eigenvalue weighted by Crippen LogP contribution is -2.18. The van der Waals surface area contributed by atoms with E-state index in [1.165, 1.54) is 17.5 Å². The van der Waals surface area contributed by atoms with Crippen LogP contribution < -0.4 is 10.1 Å². The maximum absolute atomic E-state index is 11.6. The van der Waals surface area contributed by atoms with Gasteiger partial charge in [0.15, 0.2) is 0 Å². The first kappa shape index (κ1) is 15.7. The number of carbonyl (C=O) groups is 1. The maximum atomic E-state index is 11.6. The molecule has 2 rings (SSSR count). The van der Waals surface area contributed by atoms with Gasteiger partial charge in [0.2, 0.25) is 0 Å². The molecule has 0 fully saturated rings. The molecule has 8 heteroatoms. The summed E-state index contributed by atoms with van der Waals surface area (Å²) in [7, 11) is 1.54. The summed E-state index contributed by atoms with van der Waals surface area (Å²) in [4.78, 5) is 20.1. The van der Waals surface area contributed by atoms with Crippen molar-refractivity contribution in [1.29, 1.82) is 0 Å². The highest BCUT2D eigenvalue weighted by Gasteiger charge is 2.14. The molecule has 0 saturated heterocycles. The maximum Gasteiger partial charge on any atom is 0.411 e. The second-order valence-electron chi connectivity index (χ2n) is 4.32. The van der Waals surface area contributed by atoms with Crippen molar-refractivity contribution < 1.29 is 14.3 Å². The molecule has 2 aromatic heterocycles. The molecule has 0 aromatic carbocycles. The van der Waals surface area contributed by atoms with E-state index in [1.807, 2.05) is 0 Å². The van der Waals surface area contributed by atoms with Crippen LogP contribution in [-0.2, 0) is 4.74 Å². The Balaban J connectivity index is 2.22. The van der Waals surface area contributed by atoms with Crippen LogP contribution in [0, 0.1) is 0 Å². The lowest BCUT2D eigenvalue weighted by Gasteiger charge is -2.11. The number of aromatic nitrogens is 2. The molecule has 112 valence electrons. The largest absolute Gasteiger partial charge is 0.494 e. The highest BCUT2D eigenvalue weighted by molar-refractivity contribution is 9.11. The van der Waals surface area contributed by atoms with Gasteiger partial charge in [-0.3, -0.25) is 5.32 Å². The molecule has 0 bridgehead atoms. The molecule has 21 heavy (non-hydrogen) atoms. The second-order valence-corrected chi connectivity index (χ2v) is 6.73. The Morgan fingerprint density at radius 1 is 1.38 bits per heavy atom. The first-order valence-electron chi connectivity index (χ1n) is 6.13. The van der Waals surface area contributed by atoms with E-state index in [9.17, 15) is 4.79 Å². The fraction of sp³-hybridized carbons (Fsp3) is 0.308. The van der Waals surface area contributed by atoms with Crippen molar-refractivity contribution >= 4 is 39.0 Å². The highest BCUT2D eigenvalue weighted by atomic mass is 79.9. The minimum Gasteiger partial charge on any atom is -0.494 e. The molecule has 2 heterocycles. The van der Waals surface area contributed by atoms with Gasteiger partial charge in [-0.15, -0.1) is 11.3 Å². The third kappa shape index (κ3) is 4.15. The molecule has 6 nitrogen and oxygen atoms in total. The SMILES string of the molecule is COc1cc(NC(=O)OC(C)C)cnc1-c1ncc(Br)s1. The summed E-state index contributed by atoms with van der Waals surface area (Å²) in [6.45, 7) is 3.56. The third-order valence-electron chi connectivity index (χ3n) is 2.34. The number of amides is 1. The second kappa shape index (κ2) is 6.86. The van der Waals surface area contributed by atoms with Gasteiger partial charge in [0.05, 0.1) is 35.1 Å². The summed E-state index contributed by atoms with van der Waals surface area (Å²) in [5.41, 5.74) is 1.12. The van der Waals surface area contributed by atoms with Crippen LogP contribution in [0.2, 0.25) is 0 Å². The summed E-state index contributed by atoms with van der Waals surface area (Å²) >= 11 is 4.81. The molecule has 2 aromatic rings. The number of hydrogen-bond donors (Lipinski definition) is 1. The Kier molecular flexibility index (Phi) is 5.13. The van der Waals surface area contributed by atoms with Crippen molar-refractivity contribution in [2.75, 3.05) is 12.4 Å². The van der Waals surface area contributed by atoms with E-state index >= 15 is 0 Å². The summed E-state index contributed by atoms with van der Waals surface area (Å²) in [5, 5.41) is 3.33. The molecule has 0 aliphatic heterocycles. The first-order chi connectivity index (χ1) is 9.99. The van der Waals surface area contributed by atoms with Crippen molar-refractivity contribution in [3.8, 4) is 16.5 Å². The average Bonchev–Trinajstić information content (AvgIpc) is 2.84. The number of carbonyl (C=O) groups excluding carboxylic acids is 1. The normalized spacial score (nSPS) is 10.5. The zero-order valence-electron chi connectivity index (χ0n) is 11.7. The molecule has 0 aliphatic carbocycles. The fourth-order valence-corrected chi connectivity index (χ4v) is 2.76. The molecule has 1 amide bonds. The first-order valence-corrected chi connectivity index (χ1v) is 7.74. The number of nitrogens with one attached hydrogen (secondary N) is 1. The monoisotopic (exact) mass is 371 g/mol. The Hall–Kier alpha value is -1.67. The van der Waals surface area contributed by atoms with E-state index < -0.39 is 6.09 Å². The molecule has 0 unspecified atom stereocenters. The molecule has 1 N–H and O–H groups in total. The molecule has 0 saturated carbocycles. The van der Waals surface area contributed by atoms with Crippen molar-refractivity contribution in [1.82, 2.24) is 9.97 Å². The summed E-state index contributed by atoms with van der Waals surface area (Å²) in [5.74, 6) is 0.527. The van der Waals surface area contributed by atoms with Gasteiger partial charge in [-0.25, -0.2) is 14.8 Å².